The van der Waals surface area contributed by atoms with Crippen molar-refractivity contribution in [1.82, 2.24) is 0 Å². The van der Waals surface area contributed by atoms with Gasteiger partial charge in [0.15, 0.2) is 0 Å². The summed E-state index contributed by atoms with van der Waals surface area (Å²) in [7, 11) is 0. The molecule has 20 heavy (non-hydrogen) atoms. The molecule has 0 unspecified atom stereocenters. The molecule has 0 aliphatic rings. The Bertz CT molecular complexity index is 548. The fourth-order valence-electron chi connectivity index (χ4n) is 1.27. The van der Waals surface area contributed by atoms with Gasteiger partial charge in [-0.05, 0) is 17.7 Å². The molecule has 1 aromatic rings. The van der Waals surface area contributed by atoms with Gasteiger partial charge in [-0.25, -0.2) is 0 Å². The predicted molar refractivity (Wildman–Crippen MR) is 54.3 cm³/mol. The number of halogens is 3. The molecule has 0 atom stereocenters. The van der Waals surface area contributed by atoms with Crippen molar-refractivity contribution in [2.45, 2.75) is 12.8 Å². The quantitative estimate of drug-likeness (QED) is 0.543. The number of carbonyl (C=O) groups excluding carboxylic acids is 2. The van der Waals surface area contributed by atoms with E-state index in [2.05, 4.69) is 4.74 Å². The van der Waals surface area contributed by atoms with Crippen LogP contribution in [-0.2, 0) is 27.1 Å². The second kappa shape index (κ2) is 6.09. The van der Waals surface area contributed by atoms with Gasteiger partial charge in [-0.15, -0.1) is 0 Å². The van der Waals surface area contributed by atoms with E-state index in [0.717, 1.165) is 18.2 Å². The van der Waals surface area contributed by atoms with Gasteiger partial charge in [0.1, 0.15) is 18.3 Å². The van der Waals surface area contributed by atoms with Gasteiger partial charge in [0.05, 0.1) is 11.5 Å². The molecule has 0 N–H and O–H groups in total. The Morgan fingerprint density at radius 1 is 1.25 bits per heavy atom. The molecule has 0 fully saturated rings. The van der Waals surface area contributed by atoms with Crippen molar-refractivity contribution >= 4 is 11.9 Å². The van der Waals surface area contributed by atoms with Crippen molar-refractivity contribution in [3.8, 4) is 0 Å². The minimum atomic E-state index is -4.55. The molecule has 8 heteroatoms. The lowest BCUT2D eigenvalue weighted by atomic mass is 10.1. The van der Waals surface area contributed by atoms with Crippen LogP contribution in [-0.4, -0.2) is 11.9 Å². The van der Waals surface area contributed by atoms with Crippen LogP contribution in [0.3, 0.4) is 0 Å². The zero-order valence-corrected chi connectivity index (χ0v) is 9.77. The topological polar surface area (TPSA) is 89.5 Å². The average molecular weight is 288 g/mol. The summed E-state index contributed by atoms with van der Waals surface area (Å²) in [6, 6.07) is 3.97. The molecular formula is C12H7F3O5-2. The molecule has 0 amide bonds. The van der Waals surface area contributed by atoms with Crippen LogP contribution < -0.4 is 10.2 Å². The molecule has 0 spiro atoms. The number of hydrogen-bond acceptors (Lipinski definition) is 5. The average Bonchev–Trinajstić information content (AvgIpc) is 2.33. The summed E-state index contributed by atoms with van der Waals surface area (Å²) in [5.74, 6) is -4.78. The molecule has 108 valence electrons. The van der Waals surface area contributed by atoms with E-state index < -0.39 is 36.0 Å². The number of ether oxygens (including phenoxy) is 1. The lowest BCUT2D eigenvalue weighted by Crippen LogP contribution is -2.29. The maximum absolute atomic E-state index is 12.4. The number of carboxylic acid groups (broad SMARTS) is 2. The molecule has 0 saturated heterocycles. The van der Waals surface area contributed by atoms with Crippen LogP contribution in [0.4, 0.5) is 13.2 Å². The molecule has 1 aromatic carbocycles. The third-order valence-electron chi connectivity index (χ3n) is 2.10. The Morgan fingerprint density at radius 2 is 1.90 bits per heavy atom. The molecule has 1 rings (SSSR count). The number of benzene rings is 1. The second-order valence-corrected chi connectivity index (χ2v) is 3.60. The maximum atomic E-state index is 12.4. The Balaban J connectivity index is 2.84. The first-order valence-corrected chi connectivity index (χ1v) is 5.13. The Kier molecular flexibility index (Phi) is 4.73. The number of aliphatic carboxylic acids is 2. The van der Waals surface area contributed by atoms with E-state index in [0.29, 0.717) is 0 Å². The first-order chi connectivity index (χ1) is 9.20. The molecule has 0 aliphatic carbocycles. The fraction of sp³-hybridized carbons (Fsp3) is 0.167. The lowest BCUT2D eigenvalue weighted by molar-refractivity contribution is -0.306. The van der Waals surface area contributed by atoms with Gasteiger partial charge in [-0.1, -0.05) is 12.1 Å². The second-order valence-electron chi connectivity index (χ2n) is 3.60. The number of rotatable bonds is 5. The van der Waals surface area contributed by atoms with Crippen LogP contribution in [0, 0.1) is 0 Å². The van der Waals surface area contributed by atoms with E-state index in [9.17, 15) is 33.0 Å². The fourth-order valence-corrected chi connectivity index (χ4v) is 1.27. The summed E-state index contributed by atoms with van der Waals surface area (Å²) in [6.07, 6.45) is -4.41. The van der Waals surface area contributed by atoms with Gasteiger partial charge in [0.2, 0.25) is 0 Å². The minimum absolute atomic E-state index is 0.0188. The van der Waals surface area contributed by atoms with Crippen LogP contribution in [0.15, 0.2) is 36.1 Å². The summed E-state index contributed by atoms with van der Waals surface area (Å²) in [4.78, 5) is 20.7. The van der Waals surface area contributed by atoms with E-state index in [1.165, 1.54) is 6.07 Å². The standard InChI is InChI=1S/C12H9F3O5/c13-12(14,15)8-3-1-2-7(4-8)6-20-9(11(18)19)5-10(16)17/h1-5H,6H2,(H,16,17)(H,18,19)/p-2/b9-5+. The van der Waals surface area contributed by atoms with E-state index in [4.69, 9.17) is 0 Å². The van der Waals surface area contributed by atoms with Crippen molar-refractivity contribution in [2.24, 2.45) is 0 Å². The van der Waals surface area contributed by atoms with Crippen LogP contribution in [0.1, 0.15) is 11.1 Å². The number of alkyl halides is 3. The lowest BCUT2D eigenvalue weighted by Gasteiger charge is -2.13. The summed E-state index contributed by atoms with van der Waals surface area (Å²) in [5, 5.41) is 20.7. The molecule has 0 bridgehead atoms. The Hall–Kier alpha value is -2.51. The number of hydrogen-bond donors (Lipinski definition) is 0. The zero-order chi connectivity index (χ0) is 15.3. The molecular weight excluding hydrogens is 281 g/mol. The number of carboxylic acids is 2. The van der Waals surface area contributed by atoms with Crippen molar-refractivity contribution < 1.29 is 37.7 Å². The van der Waals surface area contributed by atoms with Crippen molar-refractivity contribution in [3.05, 3.63) is 47.2 Å². The molecule has 0 heterocycles. The van der Waals surface area contributed by atoms with E-state index in [1.807, 2.05) is 0 Å². The molecule has 5 nitrogen and oxygen atoms in total. The molecule has 0 aromatic heterocycles. The van der Waals surface area contributed by atoms with Crippen LogP contribution in [0.25, 0.3) is 0 Å². The third-order valence-corrected chi connectivity index (χ3v) is 2.10. The normalized spacial score (nSPS) is 12.1. The van der Waals surface area contributed by atoms with Crippen molar-refractivity contribution in [2.75, 3.05) is 0 Å². The largest absolute Gasteiger partial charge is 0.545 e. The van der Waals surface area contributed by atoms with Crippen LogP contribution >= 0.6 is 0 Å². The summed E-state index contributed by atoms with van der Waals surface area (Å²) in [5.41, 5.74) is -0.914. The van der Waals surface area contributed by atoms with Gasteiger partial charge < -0.3 is 24.5 Å². The Morgan fingerprint density at radius 3 is 2.40 bits per heavy atom. The Labute approximate surface area is 110 Å². The highest BCUT2D eigenvalue weighted by Gasteiger charge is 2.30. The highest BCUT2D eigenvalue weighted by atomic mass is 19.4. The van der Waals surface area contributed by atoms with E-state index in [-0.39, 0.29) is 11.6 Å². The maximum Gasteiger partial charge on any atom is 0.416 e. The highest BCUT2D eigenvalue weighted by molar-refractivity contribution is 5.91. The molecule has 0 aliphatic heterocycles. The van der Waals surface area contributed by atoms with Gasteiger partial charge in [0.25, 0.3) is 0 Å². The highest BCUT2D eigenvalue weighted by Crippen LogP contribution is 2.29. The van der Waals surface area contributed by atoms with Gasteiger partial charge in [-0.3, -0.25) is 0 Å². The number of carbonyl (C=O) groups is 2. The summed E-state index contributed by atoms with van der Waals surface area (Å²) < 4.78 is 41.9. The van der Waals surface area contributed by atoms with Gasteiger partial charge in [0, 0.05) is 6.08 Å². The summed E-state index contributed by atoms with van der Waals surface area (Å²) in [6.45, 7) is -0.559. The molecule has 0 saturated carbocycles. The minimum Gasteiger partial charge on any atom is -0.545 e. The van der Waals surface area contributed by atoms with E-state index in [1.54, 1.807) is 0 Å². The smallest absolute Gasteiger partial charge is 0.416 e. The first-order valence-electron chi connectivity index (χ1n) is 5.13. The van der Waals surface area contributed by atoms with Crippen molar-refractivity contribution in [1.29, 1.82) is 0 Å². The van der Waals surface area contributed by atoms with Gasteiger partial charge in [-0.2, -0.15) is 13.2 Å². The SMILES string of the molecule is O=C([O-])/C=C(/OCc1cccc(C(F)(F)F)c1)C(=O)[O-]. The summed E-state index contributed by atoms with van der Waals surface area (Å²) >= 11 is 0. The predicted octanol–water partition coefficient (Wildman–Crippen LogP) is -0.394. The third kappa shape index (κ3) is 4.63. The van der Waals surface area contributed by atoms with Crippen LogP contribution in [0.5, 0.6) is 0 Å². The molecule has 0 radical (unpaired) electrons. The van der Waals surface area contributed by atoms with Crippen molar-refractivity contribution in [3.63, 3.8) is 0 Å². The zero-order valence-electron chi connectivity index (χ0n) is 9.77. The van der Waals surface area contributed by atoms with Crippen LogP contribution in [0.2, 0.25) is 0 Å². The van der Waals surface area contributed by atoms with Gasteiger partial charge >= 0.3 is 6.18 Å². The monoisotopic (exact) mass is 288 g/mol. The first kappa shape index (κ1) is 15.5. The van der Waals surface area contributed by atoms with E-state index >= 15 is 0 Å².